The highest BCUT2D eigenvalue weighted by molar-refractivity contribution is 6.30. The van der Waals surface area contributed by atoms with Crippen LogP contribution in [0.15, 0.2) is 30.3 Å². The van der Waals surface area contributed by atoms with Crippen LogP contribution in [-0.4, -0.2) is 24.4 Å². The molecule has 3 heteroatoms. The zero-order chi connectivity index (χ0) is 12.0. The molecule has 0 bridgehead atoms. The van der Waals surface area contributed by atoms with Gasteiger partial charge in [-0.2, -0.15) is 0 Å². The Morgan fingerprint density at radius 2 is 2.00 bits per heavy atom. The molecule has 0 saturated carbocycles. The fourth-order valence-corrected chi connectivity index (χ4v) is 1.78. The fraction of sp³-hybridized carbons (Fsp3) is 0.462. The fourth-order valence-electron chi connectivity index (χ4n) is 1.46. The summed E-state index contributed by atoms with van der Waals surface area (Å²) in [6.07, 6.45) is 2.09. The van der Waals surface area contributed by atoms with Gasteiger partial charge in [0.05, 0.1) is 0 Å². The molecule has 0 aromatic heterocycles. The summed E-state index contributed by atoms with van der Waals surface area (Å²) in [5, 5.41) is -0.567. The summed E-state index contributed by atoms with van der Waals surface area (Å²) in [4.78, 5) is 13.6. The Bertz CT molecular complexity index is 326. The van der Waals surface area contributed by atoms with E-state index in [-0.39, 0.29) is 5.91 Å². The standard InChI is InChI=1S/C13H18ClNO/c1-3-4-10-15(2)13(16)12(14)11-8-6-5-7-9-11/h5-9,12H,3-4,10H2,1-2H3. The van der Waals surface area contributed by atoms with Crippen molar-refractivity contribution >= 4 is 17.5 Å². The highest BCUT2D eigenvalue weighted by Crippen LogP contribution is 2.22. The van der Waals surface area contributed by atoms with Crippen molar-refractivity contribution in [1.82, 2.24) is 4.90 Å². The van der Waals surface area contributed by atoms with Crippen LogP contribution in [0, 0.1) is 0 Å². The lowest BCUT2D eigenvalue weighted by molar-refractivity contribution is -0.129. The van der Waals surface area contributed by atoms with E-state index in [9.17, 15) is 4.79 Å². The third-order valence-electron chi connectivity index (χ3n) is 2.53. The molecule has 1 aromatic carbocycles. The molecule has 1 rings (SSSR count). The number of rotatable bonds is 5. The Hall–Kier alpha value is -1.02. The van der Waals surface area contributed by atoms with E-state index >= 15 is 0 Å². The van der Waals surface area contributed by atoms with E-state index in [1.165, 1.54) is 0 Å². The molecule has 1 amide bonds. The number of benzene rings is 1. The average molecular weight is 240 g/mol. The maximum Gasteiger partial charge on any atom is 0.244 e. The van der Waals surface area contributed by atoms with Crippen LogP contribution in [0.25, 0.3) is 0 Å². The topological polar surface area (TPSA) is 20.3 Å². The third kappa shape index (κ3) is 3.53. The van der Waals surface area contributed by atoms with Crippen molar-refractivity contribution in [3.63, 3.8) is 0 Å². The van der Waals surface area contributed by atoms with E-state index < -0.39 is 5.38 Å². The van der Waals surface area contributed by atoms with Crippen molar-refractivity contribution in [3.8, 4) is 0 Å². The highest BCUT2D eigenvalue weighted by atomic mass is 35.5. The van der Waals surface area contributed by atoms with Gasteiger partial charge in [-0.1, -0.05) is 43.7 Å². The molecule has 0 fully saturated rings. The van der Waals surface area contributed by atoms with Gasteiger partial charge in [-0.15, -0.1) is 11.6 Å². The van der Waals surface area contributed by atoms with Gasteiger partial charge in [-0.05, 0) is 12.0 Å². The van der Waals surface area contributed by atoms with Gasteiger partial charge in [0.1, 0.15) is 5.38 Å². The number of hydrogen-bond donors (Lipinski definition) is 0. The zero-order valence-electron chi connectivity index (χ0n) is 9.82. The Balaban J connectivity index is 2.60. The molecular weight excluding hydrogens is 222 g/mol. The molecule has 0 aliphatic carbocycles. The van der Waals surface area contributed by atoms with Gasteiger partial charge in [-0.3, -0.25) is 4.79 Å². The first-order chi connectivity index (χ1) is 7.66. The highest BCUT2D eigenvalue weighted by Gasteiger charge is 2.20. The average Bonchev–Trinajstić information content (AvgIpc) is 2.35. The molecule has 1 aromatic rings. The first-order valence-corrected chi connectivity index (χ1v) is 6.04. The third-order valence-corrected chi connectivity index (χ3v) is 2.97. The SMILES string of the molecule is CCCCN(C)C(=O)C(Cl)c1ccccc1. The summed E-state index contributed by atoms with van der Waals surface area (Å²) in [6, 6.07) is 9.46. The molecule has 0 N–H and O–H groups in total. The number of nitrogens with zero attached hydrogens (tertiary/aromatic N) is 1. The summed E-state index contributed by atoms with van der Waals surface area (Å²) >= 11 is 6.14. The molecule has 0 aliphatic heterocycles. The first-order valence-electron chi connectivity index (χ1n) is 5.60. The predicted octanol–water partition coefficient (Wildman–Crippen LogP) is 3.23. The van der Waals surface area contributed by atoms with E-state index in [1.807, 2.05) is 30.3 Å². The number of hydrogen-bond acceptors (Lipinski definition) is 1. The lowest BCUT2D eigenvalue weighted by Gasteiger charge is -2.20. The lowest BCUT2D eigenvalue weighted by Crippen LogP contribution is -2.30. The lowest BCUT2D eigenvalue weighted by atomic mass is 10.1. The second-order valence-electron chi connectivity index (χ2n) is 3.89. The number of carbonyl (C=O) groups excluding carboxylic acids is 1. The van der Waals surface area contributed by atoms with Gasteiger partial charge in [-0.25, -0.2) is 0 Å². The van der Waals surface area contributed by atoms with Crippen LogP contribution in [0.2, 0.25) is 0 Å². The van der Waals surface area contributed by atoms with Gasteiger partial charge < -0.3 is 4.90 Å². The maximum atomic E-state index is 11.9. The Kier molecular flexibility index (Phi) is 5.33. The molecule has 88 valence electrons. The summed E-state index contributed by atoms with van der Waals surface area (Å²) in [7, 11) is 1.80. The van der Waals surface area contributed by atoms with Gasteiger partial charge in [0, 0.05) is 13.6 Å². The van der Waals surface area contributed by atoms with Crippen molar-refractivity contribution < 1.29 is 4.79 Å². The van der Waals surface area contributed by atoms with E-state index in [4.69, 9.17) is 11.6 Å². The molecule has 0 spiro atoms. The van der Waals surface area contributed by atoms with Crippen molar-refractivity contribution in [1.29, 1.82) is 0 Å². The van der Waals surface area contributed by atoms with Crippen molar-refractivity contribution in [2.45, 2.75) is 25.1 Å². The van der Waals surface area contributed by atoms with Crippen LogP contribution in [0.1, 0.15) is 30.7 Å². The minimum atomic E-state index is -0.567. The Morgan fingerprint density at radius 3 is 2.56 bits per heavy atom. The van der Waals surface area contributed by atoms with Gasteiger partial charge in [0.15, 0.2) is 0 Å². The van der Waals surface area contributed by atoms with E-state index in [2.05, 4.69) is 6.92 Å². The summed E-state index contributed by atoms with van der Waals surface area (Å²) in [5.74, 6) is -0.0266. The molecule has 0 heterocycles. The molecule has 1 atom stereocenters. The summed E-state index contributed by atoms with van der Waals surface area (Å²) < 4.78 is 0. The van der Waals surface area contributed by atoms with Crippen LogP contribution >= 0.6 is 11.6 Å². The minimum Gasteiger partial charge on any atom is -0.344 e. The summed E-state index contributed by atoms with van der Waals surface area (Å²) in [6.45, 7) is 2.87. The number of likely N-dealkylation sites (N-methyl/N-ethyl adjacent to an activating group) is 1. The monoisotopic (exact) mass is 239 g/mol. The normalized spacial score (nSPS) is 12.2. The molecular formula is C13H18ClNO. The number of halogens is 1. The van der Waals surface area contributed by atoms with Crippen molar-refractivity contribution in [2.75, 3.05) is 13.6 Å². The number of unbranched alkanes of at least 4 members (excludes halogenated alkanes) is 1. The number of carbonyl (C=O) groups is 1. The van der Waals surface area contributed by atoms with E-state index in [0.29, 0.717) is 0 Å². The Labute approximate surface area is 102 Å². The van der Waals surface area contributed by atoms with Gasteiger partial charge >= 0.3 is 0 Å². The molecule has 16 heavy (non-hydrogen) atoms. The number of amides is 1. The smallest absolute Gasteiger partial charge is 0.244 e. The first kappa shape index (κ1) is 13.0. The Morgan fingerprint density at radius 1 is 1.38 bits per heavy atom. The second kappa shape index (κ2) is 6.54. The minimum absolute atomic E-state index is 0.0266. The molecule has 2 nitrogen and oxygen atoms in total. The predicted molar refractivity (Wildman–Crippen MR) is 67.6 cm³/mol. The van der Waals surface area contributed by atoms with E-state index in [0.717, 1.165) is 24.9 Å². The number of alkyl halides is 1. The molecule has 0 saturated heterocycles. The van der Waals surface area contributed by atoms with Gasteiger partial charge in [0.2, 0.25) is 5.91 Å². The largest absolute Gasteiger partial charge is 0.344 e. The van der Waals surface area contributed by atoms with Crippen LogP contribution in [0.3, 0.4) is 0 Å². The molecule has 0 radical (unpaired) electrons. The van der Waals surface area contributed by atoms with Crippen molar-refractivity contribution in [2.24, 2.45) is 0 Å². The maximum absolute atomic E-state index is 11.9. The molecule has 1 unspecified atom stereocenters. The van der Waals surface area contributed by atoms with Crippen LogP contribution in [0.4, 0.5) is 0 Å². The zero-order valence-corrected chi connectivity index (χ0v) is 10.6. The quantitative estimate of drug-likeness (QED) is 0.723. The van der Waals surface area contributed by atoms with Crippen molar-refractivity contribution in [3.05, 3.63) is 35.9 Å². The second-order valence-corrected chi connectivity index (χ2v) is 4.32. The van der Waals surface area contributed by atoms with Crippen LogP contribution in [-0.2, 0) is 4.79 Å². The van der Waals surface area contributed by atoms with Crippen LogP contribution < -0.4 is 0 Å². The molecule has 0 aliphatic rings. The van der Waals surface area contributed by atoms with E-state index in [1.54, 1.807) is 11.9 Å². The van der Waals surface area contributed by atoms with Crippen LogP contribution in [0.5, 0.6) is 0 Å². The summed E-state index contributed by atoms with van der Waals surface area (Å²) in [5.41, 5.74) is 0.859. The van der Waals surface area contributed by atoms with Gasteiger partial charge in [0.25, 0.3) is 0 Å².